The molecule has 4 heterocycles. The summed E-state index contributed by atoms with van der Waals surface area (Å²) in [7, 11) is 0. The Bertz CT molecular complexity index is 1370. The summed E-state index contributed by atoms with van der Waals surface area (Å²) >= 11 is 1.63. The first-order chi connectivity index (χ1) is 17.9. The van der Waals surface area contributed by atoms with E-state index >= 15 is 0 Å². The molecule has 194 valence electrons. The van der Waals surface area contributed by atoms with Crippen molar-refractivity contribution in [2.24, 2.45) is 0 Å². The molecule has 3 aromatic heterocycles. The van der Waals surface area contributed by atoms with Crippen molar-refractivity contribution in [3.63, 3.8) is 0 Å². The van der Waals surface area contributed by atoms with E-state index < -0.39 is 0 Å². The number of benzene rings is 1. The van der Waals surface area contributed by atoms with Gasteiger partial charge in [-0.1, -0.05) is 26.3 Å². The number of nitrogens with zero attached hydrogens (tertiary/aromatic N) is 6. The lowest BCUT2D eigenvalue weighted by molar-refractivity contribution is -0.130. The van der Waals surface area contributed by atoms with Gasteiger partial charge in [-0.25, -0.2) is 19.0 Å². The van der Waals surface area contributed by atoms with Gasteiger partial charge in [0, 0.05) is 37.0 Å². The average molecular weight is 521 g/mol. The van der Waals surface area contributed by atoms with Gasteiger partial charge in [-0.2, -0.15) is 5.10 Å². The first kappa shape index (κ1) is 25.3. The van der Waals surface area contributed by atoms with Gasteiger partial charge in [0.15, 0.2) is 5.65 Å². The van der Waals surface area contributed by atoms with Crippen molar-refractivity contribution in [3.05, 3.63) is 64.0 Å². The third-order valence-electron chi connectivity index (χ3n) is 6.99. The maximum absolute atomic E-state index is 13.6. The summed E-state index contributed by atoms with van der Waals surface area (Å²) in [5, 5.41) is 7.73. The molecule has 0 spiro atoms. The number of halogens is 1. The number of aromatic nitrogens is 4. The predicted octanol–water partition coefficient (Wildman–Crippen LogP) is 5.51. The molecule has 0 radical (unpaired) electrons. The Morgan fingerprint density at radius 1 is 1.11 bits per heavy atom. The standard InChI is InChI=1S/C28H33FN6OS/c1-4-7-19(2)26-30-27(25-20(3)32-35(28(25)31-26)22-11-9-21(29)10-12-22)34-14-6-13-33(15-16-34)24(36)18-23-8-5-17-37-23/h5,8-12,17,19H,4,6-7,13-16,18H2,1-3H3/t19-/m0/s1. The number of rotatable bonds is 7. The summed E-state index contributed by atoms with van der Waals surface area (Å²) in [6.07, 6.45) is 3.35. The zero-order chi connectivity index (χ0) is 25.9. The van der Waals surface area contributed by atoms with Gasteiger partial charge in [-0.15, -0.1) is 11.3 Å². The molecule has 1 aliphatic rings. The highest BCUT2D eigenvalue weighted by Gasteiger charge is 2.26. The molecule has 7 nitrogen and oxygen atoms in total. The van der Waals surface area contributed by atoms with Gasteiger partial charge in [0.05, 0.1) is 23.2 Å². The number of hydrogen-bond acceptors (Lipinski definition) is 6. The number of anilines is 1. The molecule has 1 saturated heterocycles. The van der Waals surface area contributed by atoms with E-state index in [0.29, 0.717) is 19.5 Å². The average Bonchev–Trinajstić information content (AvgIpc) is 3.44. The minimum Gasteiger partial charge on any atom is -0.354 e. The van der Waals surface area contributed by atoms with Crippen molar-refractivity contribution >= 4 is 34.1 Å². The van der Waals surface area contributed by atoms with Crippen LogP contribution in [0.4, 0.5) is 10.2 Å². The van der Waals surface area contributed by atoms with Gasteiger partial charge in [0.1, 0.15) is 17.5 Å². The first-order valence-corrected chi connectivity index (χ1v) is 13.9. The lowest BCUT2D eigenvalue weighted by Crippen LogP contribution is -2.36. The second-order valence-electron chi connectivity index (χ2n) is 9.74. The van der Waals surface area contributed by atoms with E-state index in [4.69, 9.17) is 15.1 Å². The fourth-order valence-electron chi connectivity index (χ4n) is 5.00. The van der Waals surface area contributed by atoms with Gasteiger partial charge in [-0.05, 0) is 55.5 Å². The lowest BCUT2D eigenvalue weighted by atomic mass is 10.1. The van der Waals surface area contributed by atoms with Gasteiger partial charge >= 0.3 is 0 Å². The first-order valence-electron chi connectivity index (χ1n) is 13.0. The molecule has 0 unspecified atom stereocenters. The van der Waals surface area contributed by atoms with Crippen molar-refractivity contribution in [2.45, 2.75) is 52.4 Å². The molecule has 1 aromatic carbocycles. The highest BCUT2D eigenvalue weighted by Crippen LogP contribution is 2.32. The van der Waals surface area contributed by atoms with Gasteiger partial charge < -0.3 is 9.80 Å². The molecule has 1 aliphatic heterocycles. The molecule has 0 bridgehead atoms. The van der Waals surface area contributed by atoms with Crippen LogP contribution in [0, 0.1) is 12.7 Å². The number of thiophene rings is 1. The van der Waals surface area contributed by atoms with E-state index in [2.05, 4.69) is 18.7 Å². The van der Waals surface area contributed by atoms with E-state index in [0.717, 1.165) is 71.3 Å². The molecule has 0 aliphatic carbocycles. The third-order valence-corrected chi connectivity index (χ3v) is 7.86. The minimum absolute atomic E-state index is 0.176. The Kier molecular flexibility index (Phi) is 7.50. The number of carbonyl (C=O) groups excluding carboxylic acids is 1. The summed E-state index contributed by atoms with van der Waals surface area (Å²) < 4.78 is 15.4. The monoisotopic (exact) mass is 520 g/mol. The summed E-state index contributed by atoms with van der Waals surface area (Å²) in [5.41, 5.74) is 2.33. The Balaban J connectivity index is 1.50. The molecule has 0 saturated carbocycles. The number of aryl methyl sites for hydroxylation is 1. The molecule has 4 aromatic rings. The summed E-state index contributed by atoms with van der Waals surface area (Å²) in [6.45, 7) is 9.19. The number of fused-ring (bicyclic) bond motifs is 1. The molecule has 9 heteroatoms. The van der Waals surface area contributed by atoms with E-state index in [1.807, 2.05) is 29.3 Å². The molecule has 1 atom stereocenters. The Hall–Kier alpha value is -3.33. The number of hydrogen-bond donors (Lipinski definition) is 0. The van der Waals surface area contributed by atoms with Crippen LogP contribution in [0.1, 0.15) is 55.4 Å². The number of amides is 1. The van der Waals surface area contributed by atoms with Crippen LogP contribution in [-0.4, -0.2) is 56.7 Å². The maximum atomic E-state index is 13.6. The summed E-state index contributed by atoms with van der Waals surface area (Å²) in [5.74, 6) is 1.76. The van der Waals surface area contributed by atoms with Gasteiger partial charge in [-0.3, -0.25) is 4.79 Å². The van der Waals surface area contributed by atoms with Gasteiger partial charge in [0.25, 0.3) is 0 Å². The van der Waals surface area contributed by atoms with Crippen LogP contribution >= 0.6 is 11.3 Å². The molecule has 5 rings (SSSR count). The highest BCUT2D eigenvalue weighted by molar-refractivity contribution is 7.10. The second-order valence-corrected chi connectivity index (χ2v) is 10.8. The molecule has 1 amide bonds. The largest absolute Gasteiger partial charge is 0.354 e. The Morgan fingerprint density at radius 3 is 2.65 bits per heavy atom. The minimum atomic E-state index is -0.285. The van der Waals surface area contributed by atoms with Crippen molar-refractivity contribution in [1.82, 2.24) is 24.6 Å². The predicted molar refractivity (Wildman–Crippen MR) is 146 cm³/mol. The van der Waals surface area contributed by atoms with Crippen molar-refractivity contribution in [1.29, 1.82) is 0 Å². The van der Waals surface area contributed by atoms with Crippen molar-refractivity contribution < 1.29 is 9.18 Å². The van der Waals surface area contributed by atoms with E-state index in [-0.39, 0.29) is 17.6 Å². The zero-order valence-electron chi connectivity index (χ0n) is 21.7. The quantitative estimate of drug-likeness (QED) is 0.322. The fourth-order valence-corrected chi connectivity index (χ4v) is 5.70. The van der Waals surface area contributed by atoms with Crippen LogP contribution in [0.5, 0.6) is 0 Å². The van der Waals surface area contributed by atoms with Crippen LogP contribution in [0.2, 0.25) is 0 Å². The normalized spacial score (nSPS) is 15.2. The highest BCUT2D eigenvalue weighted by atomic mass is 32.1. The number of carbonyl (C=O) groups is 1. The van der Waals surface area contributed by atoms with Gasteiger partial charge in [0.2, 0.25) is 5.91 Å². The molecule has 1 fully saturated rings. The fraction of sp³-hybridized carbons (Fsp3) is 0.429. The van der Waals surface area contributed by atoms with Crippen molar-refractivity contribution in [2.75, 3.05) is 31.1 Å². The van der Waals surface area contributed by atoms with E-state index in [1.54, 1.807) is 28.2 Å². The van der Waals surface area contributed by atoms with E-state index in [1.165, 1.54) is 12.1 Å². The SMILES string of the molecule is CCC[C@H](C)c1nc(N2CCCN(C(=O)Cc3cccs3)CC2)c2c(C)nn(-c3ccc(F)cc3)c2n1. The van der Waals surface area contributed by atoms with Crippen LogP contribution in [0.3, 0.4) is 0 Å². The maximum Gasteiger partial charge on any atom is 0.227 e. The summed E-state index contributed by atoms with van der Waals surface area (Å²) in [6, 6.07) is 10.3. The molecule has 37 heavy (non-hydrogen) atoms. The smallest absolute Gasteiger partial charge is 0.227 e. The molecular formula is C28H33FN6OS. The van der Waals surface area contributed by atoms with Crippen molar-refractivity contribution in [3.8, 4) is 5.69 Å². The molecule has 0 N–H and O–H groups in total. The van der Waals surface area contributed by atoms with Crippen LogP contribution in [0.15, 0.2) is 41.8 Å². The zero-order valence-corrected chi connectivity index (χ0v) is 22.5. The van der Waals surface area contributed by atoms with Crippen LogP contribution < -0.4 is 4.90 Å². The topological polar surface area (TPSA) is 67.2 Å². The Labute approximate surface area is 220 Å². The third kappa shape index (κ3) is 5.37. The van der Waals surface area contributed by atoms with Crippen LogP contribution in [0.25, 0.3) is 16.7 Å². The summed E-state index contributed by atoms with van der Waals surface area (Å²) in [4.78, 5) is 28.4. The van der Waals surface area contributed by atoms with Crippen LogP contribution in [-0.2, 0) is 11.2 Å². The van der Waals surface area contributed by atoms with E-state index in [9.17, 15) is 9.18 Å². The lowest BCUT2D eigenvalue weighted by Gasteiger charge is -2.24. The molecular weight excluding hydrogens is 487 g/mol. The Morgan fingerprint density at radius 2 is 1.92 bits per heavy atom. The second kappa shape index (κ2) is 11.0.